The minimum atomic E-state index is -0.336. The molecule has 2 aliphatic heterocycles. The number of aryl methyl sites for hydroxylation is 2. The average Bonchev–Trinajstić information content (AvgIpc) is 4.18. The highest BCUT2D eigenvalue weighted by Crippen LogP contribution is 2.34. The summed E-state index contributed by atoms with van der Waals surface area (Å²) in [6.07, 6.45) is 10.4. The molecule has 344 valence electrons. The fourth-order valence-corrected chi connectivity index (χ4v) is 8.87. The Morgan fingerprint density at radius 3 is 1.73 bits per heavy atom. The van der Waals surface area contributed by atoms with Crippen LogP contribution in [-0.4, -0.2) is 82.2 Å². The van der Waals surface area contributed by atoms with Crippen LogP contribution in [0, 0.1) is 48.1 Å². The summed E-state index contributed by atoms with van der Waals surface area (Å²) in [6, 6.07) is 25.5. The Hall–Kier alpha value is -6.97. The van der Waals surface area contributed by atoms with E-state index in [0.717, 1.165) is 77.7 Å². The molecule has 4 aromatic carbocycles. The van der Waals surface area contributed by atoms with Gasteiger partial charge >= 0.3 is 0 Å². The number of nitrogen functional groups attached to an aromatic ring is 1. The number of hydrogen-bond acceptors (Lipinski definition) is 10. The van der Waals surface area contributed by atoms with Gasteiger partial charge in [-0.15, -0.1) is 0 Å². The third kappa shape index (κ3) is 11.2. The largest absolute Gasteiger partial charge is 0.492 e. The molecule has 4 aromatic heterocycles. The first-order valence-corrected chi connectivity index (χ1v) is 23.1. The topological polar surface area (TPSA) is 168 Å². The van der Waals surface area contributed by atoms with E-state index in [-0.39, 0.29) is 17.3 Å². The molecule has 0 spiro atoms. The fraction of sp³-hybridized carbons (Fsp3) is 0.308. The van der Waals surface area contributed by atoms with Gasteiger partial charge in [0.25, 0.3) is 0 Å². The molecule has 0 saturated carbocycles. The van der Waals surface area contributed by atoms with E-state index < -0.39 is 0 Å². The molecule has 0 unspecified atom stereocenters. The predicted molar refractivity (Wildman–Crippen MR) is 263 cm³/mol. The van der Waals surface area contributed by atoms with Gasteiger partial charge in [0.1, 0.15) is 23.6 Å². The van der Waals surface area contributed by atoms with Gasteiger partial charge in [-0.2, -0.15) is 10.5 Å². The molecular weight excluding hydrogens is 870 g/mol. The van der Waals surface area contributed by atoms with Crippen molar-refractivity contribution < 1.29 is 18.3 Å². The standard InChI is InChI=1S/C26H26FN5O.C17H18ClN3O.C9H9FN2/c1-17-13-20-21(30-17)5-6-23(26(20)27)31-22-7-8-29-24-15-25(18(16-28)14-19(22)24)33-12-4-11-32-9-2-3-10-32;18-15-4-5-20-16-11-17(13(12-19)10-14(15)16)22-9-3-8-21-6-1-2-7-21;1-5-4-6-8(12-5)3-2-7(11)9(6)10/h5-8,13-15,30H,2-4,9-12H2,1H3,(H,29,31);4-5,10-11H,1-3,6-9H2;2-4,12H,11H2,1H3. The molecule has 5 N–H and O–H groups in total. The third-order valence-electron chi connectivity index (χ3n) is 12.1. The average molecular weight is 924 g/mol. The number of pyridine rings is 2. The molecule has 0 radical (unpaired) electrons. The maximum atomic E-state index is 15.1. The number of ether oxygens (including phenoxy) is 2. The molecule has 12 nitrogen and oxygen atoms in total. The molecule has 6 heterocycles. The lowest BCUT2D eigenvalue weighted by Gasteiger charge is -2.15. The van der Waals surface area contributed by atoms with Crippen molar-refractivity contribution in [2.24, 2.45) is 0 Å². The Balaban J connectivity index is 0.000000153. The molecule has 15 heteroatoms. The SMILES string of the molecule is Cc1cc2c(F)c(N)ccc2[nH]1.Cc1cc2c(F)c(Nc3ccnc4cc(OCCCN5CCCC5)c(C#N)cc34)ccc2[nH]1.N#Cc1cc2c(Cl)ccnc2cc1OCCCN1CCCC1. The van der Waals surface area contributed by atoms with Crippen molar-refractivity contribution in [3.8, 4) is 23.6 Å². The van der Waals surface area contributed by atoms with Crippen LogP contribution < -0.4 is 20.5 Å². The number of halogens is 3. The van der Waals surface area contributed by atoms with Crippen molar-refractivity contribution in [1.29, 1.82) is 10.5 Å². The number of hydrogen-bond donors (Lipinski definition) is 4. The first-order chi connectivity index (χ1) is 32.6. The van der Waals surface area contributed by atoms with Gasteiger partial charge in [-0.3, -0.25) is 9.97 Å². The van der Waals surface area contributed by atoms with Crippen LogP contribution in [0.25, 0.3) is 43.6 Å². The number of aromatic nitrogens is 4. The first-order valence-electron chi connectivity index (χ1n) is 22.7. The highest BCUT2D eigenvalue weighted by Gasteiger charge is 2.16. The van der Waals surface area contributed by atoms with E-state index in [9.17, 15) is 14.9 Å². The van der Waals surface area contributed by atoms with Crippen molar-refractivity contribution in [3.63, 3.8) is 0 Å². The van der Waals surface area contributed by atoms with Crippen molar-refractivity contribution in [1.82, 2.24) is 29.7 Å². The molecule has 10 rings (SSSR count). The zero-order chi connectivity index (χ0) is 46.9. The second kappa shape index (κ2) is 21.6. The van der Waals surface area contributed by atoms with E-state index in [4.69, 9.17) is 26.8 Å². The molecule has 0 amide bonds. The molecule has 2 saturated heterocycles. The van der Waals surface area contributed by atoms with E-state index in [1.54, 1.807) is 79.1 Å². The van der Waals surface area contributed by atoms with Crippen molar-refractivity contribution in [2.45, 2.75) is 52.4 Å². The Morgan fingerprint density at radius 2 is 1.16 bits per heavy atom. The fourth-order valence-electron chi connectivity index (χ4n) is 8.66. The number of anilines is 3. The van der Waals surface area contributed by atoms with Crippen molar-refractivity contribution in [3.05, 3.63) is 124 Å². The van der Waals surface area contributed by atoms with Gasteiger partial charge in [-0.1, -0.05) is 11.6 Å². The summed E-state index contributed by atoms with van der Waals surface area (Å²) in [5, 5.41) is 25.4. The van der Waals surface area contributed by atoms with Crippen molar-refractivity contribution in [2.75, 3.05) is 63.5 Å². The van der Waals surface area contributed by atoms with Gasteiger partial charge < -0.3 is 40.3 Å². The molecule has 2 aliphatic rings. The summed E-state index contributed by atoms with van der Waals surface area (Å²) in [6.45, 7) is 11.7. The van der Waals surface area contributed by atoms with Crippen LogP contribution in [0.1, 0.15) is 61.0 Å². The lowest BCUT2D eigenvalue weighted by atomic mass is 10.1. The summed E-state index contributed by atoms with van der Waals surface area (Å²) >= 11 is 6.14. The Morgan fingerprint density at radius 1 is 0.657 bits per heavy atom. The quantitative estimate of drug-likeness (QED) is 0.0684. The number of aromatic amines is 2. The van der Waals surface area contributed by atoms with Crippen LogP contribution in [0.4, 0.5) is 25.8 Å². The molecule has 0 bridgehead atoms. The maximum absolute atomic E-state index is 15.1. The second-order valence-electron chi connectivity index (χ2n) is 17.0. The Bertz CT molecular complexity index is 3110. The summed E-state index contributed by atoms with van der Waals surface area (Å²) < 4.78 is 40.1. The summed E-state index contributed by atoms with van der Waals surface area (Å²) in [7, 11) is 0. The number of rotatable bonds is 12. The van der Waals surface area contributed by atoms with Crippen molar-refractivity contribution >= 4 is 72.3 Å². The van der Waals surface area contributed by atoms with Crippen LogP contribution in [0.15, 0.2) is 85.2 Å². The van der Waals surface area contributed by atoms with Crippen LogP contribution >= 0.6 is 11.6 Å². The maximum Gasteiger partial charge on any atom is 0.155 e. The first kappa shape index (κ1) is 46.6. The highest BCUT2D eigenvalue weighted by atomic mass is 35.5. The molecule has 0 atom stereocenters. The summed E-state index contributed by atoms with van der Waals surface area (Å²) in [5.74, 6) is 0.467. The van der Waals surface area contributed by atoms with E-state index >= 15 is 4.39 Å². The van der Waals surface area contributed by atoms with E-state index in [1.807, 2.05) is 19.9 Å². The molecular formula is C52H53ClF2N10O2. The normalized spacial score (nSPS) is 13.8. The highest BCUT2D eigenvalue weighted by molar-refractivity contribution is 6.35. The number of benzene rings is 4. The number of nitrogens with one attached hydrogen (secondary N) is 3. The lowest BCUT2D eigenvalue weighted by Crippen LogP contribution is -2.22. The summed E-state index contributed by atoms with van der Waals surface area (Å²) in [5.41, 5.74) is 12.4. The van der Waals surface area contributed by atoms with Gasteiger partial charge in [0.05, 0.1) is 51.8 Å². The van der Waals surface area contributed by atoms with Crippen LogP contribution in [-0.2, 0) is 0 Å². The zero-order valence-electron chi connectivity index (χ0n) is 37.7. The number of nitrogens with zero attached hydrogens (tertiary/aromatic N) is 6. The minimum Gasteiger partial charge on any atom is -0.492 e. The van der Waals surface area contributed by atoms with Crippen LogP contribution in [0.3, 0.4) is 0 Å². The van der Waals surface area contributed by atoms with Crippen LogP contribution in [0.2, 0.25) is 5.02 Å². The van der Waals surface area contributed by atoms with Gasteiger partial charge in [0.15, 0.2) is 11.6 Å². The molecule has 2 fully saturated rings. The van der Waals surface area contributed by atoms with Gasteiger partial charge in [-0.25, -0.2) is 8.78 Å². The second-order valence-corrected chi connectivity index (χ2v) is 17.4. The lowest BCUT2D eigenvalue weighted by molar-refractivity contribution is 0.263. The number of H-pyrrole nitrogens is 2. The smallest absolute Gasteiger partial charge is 0.155 e. The van der Waals surface area contributed by atoms with E-state index in [2.05, 4.69) is 47.2 Å². The van der Waals surface area contributed by atoms with Gasteiger partial charge in [0, 0.05) is 87.3 Å². The molecule has 67 heavy (non-hydrogen) atoms. The van der Waals surface area contributed by atoms with E-state index in [1.165, 1.54) is 38.8 Å². The minimum absolute atomic E-state index is 0.196. The van der Waals surface area contributed by atoms with Gasteiger partial charge in [0.2, 0.25) is 0 Å². The monoisotopic (exact) mass is 922 g/mol. The zero-order valence-corrected chi connectivity index (χ0v) is 38.4. The van der Waals surface area contributed by atoms with Gasteiger partial charge in [-0.05, 0) is 139 Å². The molecule has 0 aliphatic carbocycles. The number of fused-ring (bicyclic) bond motifs is 4. The predicted octanol–water partition coefficient (Wildman–Crippen LogP) is 11.5. The Labute approximate surface area is 393 Å². The Kier molecular flexibility index (Phi) is 15.0. The number of nitrogens with two attached hydrogens (primary N) is 1. The molecule has 8 aromatic rings. The van der Waals surface area contributed by atoms with Crippen LogP contribution in [0.5, 0.6) is 11.5 Å². The summed E-state index contributed by atoms with van der Waals surface area (Å²) in [4.78, 5) is 19.8. The number of likely N-dealkylation sites (tertiary alicyclic amines) is 2. The van der Waals surface area contributed by atoms with E-state index in [0.29, 0.717) is 68.5 Å². The third-order valence-corrected chi connectivity index (χ3v) is 12.4. The number of nitriles is 2.